The van der Waals surface area contributed by atoms with Gasteiger partial charge in [0.15, 0.2) is 0 Å². The summed E-state index contributed by atoms with van der Waals surface area (Å²) in [5, 5.41) is 5.60. The summed E-state index contributed by atoms with van der Waals surface area (Å²) in [6.07, 6.45) is 4.33. The first-order valence-electron chi connectivity index (χ1n) is 7.07. The zero-order chi connectivity index (χ0) is 13.8. The van der Waals surface area contributed by atoms with Crippen molar-refractivity contribution in [1.29, 1.82) is 0 Å². The number of rotatable bonds is 3. The van der Waals surface area contributed by atoms with Crippen molar-refractivity contribution in [2.45, 2.75) is 58.9 Å². The number of hydrogen-bond acceptors (Lipinski definition) is 2. The van der Waals surface area contributed by atoms with Gasteiger partial charge in [-0.2, -0.15) is 0 Å². The molecule has 4 heteroatoms. The lowest BCUT2D eigenvalue weighted by molar-refractivity contribution is 0.133. The Bertz CT molecular complexity index is 275. The van der Waals surface area contributed by atoms with Crippen molar-refractivity contribution in [2.24, 2.45) is 17.1 Å². The fourth-order valence-corrected chi connectivity index (χ4v) is 2.71. The number of amides is 2. The highest BCUT2D eigenvalue weighted by atomic mass is 16.2. The van der Waals surface area contributed by atoms with E-state index in [1.54, 1.807) is 0 Å². The molecule has 0 atom stereocenters. The first-order chi connectivity index (χ1) is 8.27. The maximum Gasteiger partial charge on any atom is 0.314 e. The van der Waals surface area contributed by atoms with Gasteiger partial charge in [0.1, 0.15) is 0 Å². The highest BCUT2D eigenvalue weighted by molar-refractivity contribution is 5.73. The van der Waals surface area contributed by atoms with Gasteiger partial charge in [-0.15, -0.1) is 0 Å². The van der Waals surface area contributed by atoms with Crippen LogP contribution in [0.15, 0.2) is 0 Å². The van der Waals surface area contributed by atoms with Gasteiger partial charge in [0.2, 0.25) is 0 Å². The van der Waals surface area contributed by atoms with Gasteiger partial charge in [-0.1, -0.05) is 20.8 Å². The summed E-state index contributed by atoms with van der Waals surface area (Å²) in [5.74, 6) is 0.749. The van der Waals surface area contributed by atoms with Crippen LogP contribution in [0.2, 0.25) is 0 Å². The topological polar surface area (TPSA) is 67.2 Å². The van der Waals surface area contributed by atoms with Crippen molar-refractivity contribution in [3.63, 3.8) is 0 Å². The third-order valence-corrected chi connectivity index (χ3v) is 4.14. The van der Waals surface area contributed by atoms with Gasteiger partial charge in [-0.3, -0.25) is 0 Å². The smallest absolute Gasteiger partial charge is 0.314 e. The molecule has 0 aromatic heterocycles. The van der Waals surface area contributed by atoms with Gasteiger partial charge in [0, 0.05) is 18.6 Å². The molecule has 0 unspecified atom stereocenters. The van der Waals surface area contributed by atoms with Crippen LogP contribution in [-0.4, -0.2) is 24.7 Å². The Kier molecular flexibility index (Phi) is 5.02. The van der Waals surface area contributed by atoms with Crippen LogP contribution in [0.4, 0.5) is 4.79 Å². The second kappa shape index (κ2) is 5.91. The van der Waals surface area contributed by atoms with Crippen LogP contribution in [0.1, 0.15) is 53.4 Å². The van der Waals surface area contributed by atoms with E-state index in [1.807, 2.05) is 6.92 Å². The molecule has 0 aromatic carbocycles. The predicted molar refractivity (Wildman–Crippen MR) is 75.4 cm³/mol. The van der Waals surface area contributed by atoms with Crippen LogP contribution in [0.5, 0.6) is 0 Å². The maximum atomic E-state index is 11.4. The Morgan fingerprint density at radius 1 is 1.28 bits per heavy atom. The molecule has 106 valence electrons. The summed E-state index contributed by atoms with van der Waals surface area (Å²) in [4.78, 5) is 11.4. The number of urea groups is 1. The lowest BCUT2D eigenvalue weighted by Gasteiger charge is -2.42. The summed E-state index contributed by atoms with van der Waals surface area (Å²) < 4.78 is 0. The first kappa shape index (κ1) is 15.3. The molecule has 18 heavy (non-hydrogen) atoms. The molecule has 0 bridgehead atoms. The summed E-state index contributed by atoms with van der Waals surface area (Å²) in [5.41, 5.74) is 6.52. The molecule has 0 aromatic rings. The largest absolute Gasteiger partial charge is 0.338 e. The van der Waals surface area contributed by atoms with Crippen LogP contribution in [-0.2, 0) is 0 Å². The molecule has 0 radical (unpaired) electrons. The fraction of sp³-hybridized carbons (Fsp3) is 0.929. The molecule has 0 spiro atoms. The van der Waals surface area contributed by atoms with E-state index in [0.29, 0.717) is 18.5 Å². The quantitative estimate of drug-likeness (QED) is 0.724. The van der Waals surface area contributed by atoms with E-state index in [1.165, 1.54) is 0 Å². The van der Waals surface area contributed by atoms with Gasteiger partial charge in [0.05, 0.1) is 0 Å². The van der Waals surface area contributed by atoms with E-state index >= 15 is 0 Å². The lowest BCUT2D eigenvalue weighted by atomic mass is 9.67. The molecule has 4 N–H and O–H groups in total. The van der Waals surface area contributed by atoms with Crippen LogP contribution < -0.4 is 16.4 Å². The zero-order valence-electron chi connectivity index (χ0n) is 12.3. The molecule has 0 saturated heterocycles. The molecule has 1 saturated carbocycles. The molecule has 1 aliphatic carbocycles. The minimum absolute atomic E-state index is 0.111. The van der Waals surface area contributed by atoms with Crippen LogP contribution >= 0.6 is 0 Å². The van der Waals surface area contributed by atoms with Crippen molar-refractivity contribution < 1.29 is 4.79 Å². The Balaban J connectivity index is 2.38. The summed E-state index contributed by atoms with van der Waals surface area (Å²) in [6.45, 7) is 10.0. The second-order valence-electron chi connectivity index (χ2n) is 6.72. The Hall–Kier alpha value is -0.770. The molecular formula is C14H29N3O. The van der Waals surface area contributed by atoms with Crippen molar-refractivity contribution in [3.05, 3.63) is 0 Å². The SMILES string of the molecule is CCNC(=O)NCC1(N)CCC(C(C)(C)C)CC1. The van der Waals surface area contributed by atoms with Crippen LogP contribution in [0, 0.1) is 11.3 Å². The van der Waals surface area contributed by atoms with Crippen LogP contribution in [0.3, 0.4) is 0 Å². The summed E-state index contributed by atoms with van der Waals surface area (Å²) in [6, 6.07) is -0.111. The predicted octanol–water partition coefficient (Wildman–Crippen LogP) is 2.24. The Morgan fingerprint density at radius 2 is 1.83 bits per heavy atom. The third-order valence-electron chi connectivity index (χ3n) is 4.14. The normalized spacial score (nSPS) is 28.8. The second-order valence-corrected chi connectivity index (χ2v) is 6.72. The van der Waals surface area contributed by atoms with Crippen molar-refractivity contribution in [2.75, 3.05) is 13.1 Å². The van der Waals surface area contributed by atoms with E-state index in [-0.39, 0.29) is 11.6 Å². The number of nitrogens with one attached hydrogen (secondary N) is 2. The van der Waals surface area contributed by atoms with E-state index in [2.05, 4.69) is 31.4 Å². The molecular weight excluding hydrogens is 226 g/mol. The van der Waals surface area contributed by atoms with Gasteiger partial charge < -0.3 is 16.4 Å². The number of hydrogen-bond donors (Lipinski definition) is 3. The lowest BCUT2D eigenvalue weighted by Crippen LogP contribution is -2.54. The minimum Gasteiger partial charge on any atom is -0.338 e. The highest BCUT2D eigenvalue weighted by Gasteiger charge is 2.36. The Morgan fingerprint density at radius 3 is 2.28 bits per heavy atom. The minimum atomic E-state index is -0.215. The Labute approximate surface area is 111 Å². The molecule has 2 amide bonds. The van der Waals surface area contributed by atoms with Gasteiger partial charge in [-0.25, -0.2) is 4.79 Å². The van der Waals surface area contributed by atoms with Gasteiger partial charge in [-0.05, 0) is 43.9 Å². The number of carbonyl (C=O) groups excluding carboxylic acids is 1. The van der Waals surface area contributed by atoms with Crippen molar-refractivity contribution in [3.8, 4) is 0 Å². The molecule has 1 aliphatic rings. The van der Waals surface area contributed by atoms with E-state index in [0.717, 1.165) is 31.6 Å². The van der Waals surface area contributed by atoms with Crippen molar-refractivity contribution in [1.82, 2.24) is 10.6 Å². The number of carbonyl (C=O) groups is 1. The molecule has 1 fully saturated rings. The number of nitrogens with two attached hydrogens (primary N) is 1. The fourth-order valence-electron chi connectivity index (χ4n) is 2.71. The van der Waals surface area contributed by atoms with Crippen molar-refractivity contribution >= 4 is 6.03 Å². The average molecular weight is 255 g/mol. The molecule has 0 aliphatic heterocycles. The van der Waals surface area contributed by atoms with E-state index in [4.69, 9.17) is 5.73 Å². The highest BCUT2D eigenvalue weighted by Crippen LogP contribution is 2.40. The molecule has 4 nitrogen and oxygen atoms in total. The zero-order valence-corrected chi connectivity index (χ0v) is 12.3. The van der Waals surface area contributed by atoms with Crippen LogP contribution in [0.25, 0.3) is 0 Å². The summed E-state index contributed by atoms with van der Waals surface area (Å²) in [7, 11) is 0. The first-order valence-corrected chi connectivity index (χ1v) is 7.07. The van der Waals surface area contributed by atoms with E-state index < -0.39 is 0 Å². The maximum absolute atomic E-state index is 11.4. The molecule has 0 heterocycles. The van der Waals surface area contributed by atoms with Gasteiger partial charge in [0.25, 0.3) is 0 Å². The van der Waals surface area contributed by atoms with Gasteiger partial charge >= 0.3 is 6.03 Å². The average Bonchev–Trinajstić information content (AvgIpc) is 2.26. The molecule has 1 rings (SSSR count). The van der Waals surface area contributed by atoms with E-state index in [9.17, 15) is 4.79 Å². The monoisotopic (exact) mass is 255 g/mol. The summed E-state index contributed by atoms with van der Waals surface area (Å²) >= 11 is 0. The standard InChI is InChI=1S/C14H29N3O/c1-5-16-12(18)17-10-14(15)8-6-11(7-9-14)13(2,3)4/h11H,5-10,15H2,1-4H3,(H2,16,17,18). The third kappa shape index (κ3) is 4.48.